The van der Waals surface area contributed by atoms with Crippen LogP contribution >= 0.6 is 0 Å². The molecule has 10 heteroatoms. The molecule has 0 spiro atoms. The third-order valence-corrected chi connectivity index (χ3v) is 6.01. The fourth-order valence-electron chi connectivity index (χ4n) is 4.39. The van der Waals surface area contributed by atoms with Crippen molar-refractivity contribution >= 4 is 28.1 Å². The lowest BCUT2D eigenvalue weighted by molar-refractivity contribution is -0.137. The second kappa shape index (κ2) is 7.95. The van der Waals surface area contributed by atoms with Crippen molar-refractivity contribution in [1.29, 1.82) is 0 Å². The third kappa shape index (κ3) is 4.10. The van der Waals surface area contributed by atoms with Crippen molar-refractivity contribution < 1.29 is 22.6 Å². The minimum Gasteiger partial charge on any atom is -0.489 e. The molecule has 5 rings (SSSR count). The van der Waals surface area contributed by atoms with E-state index in [9.17, 15) is 13.2 Å². The zero-order valence-corrected chi connectivity index (χ0v) is 18.2. The summed E-state index contributed by atoms with van der Waals surface area (Å²) in [5, 5.41) is 4.03. The highest BCUT2D eigenvalue weighted by Crippen LogP contribution is 2.40. The van der Waals surface area contributed by atoms with Crippen molar-refractivity contribution in [2.45, 2.75) is 32.1 Å². The van der Waals surface area contributed by atoms with E-state index in [4.69, 9.17) is 15.2 Å². The molecule has 0 bridgehead atoms. The zero-order valence-electron chi connectivity index (χ0n) is 18.2. The van der Waals surface area contributed by atoms with E-state index in [1.165, 1.54) is 6.07 Å². The number of morpholine rings is 1. The van der Waals surface area contributed by atoms with Crippen LogP contribution in [0.2, 0.25) is 0 Å². The van der Waals surface area contributed by atoms with Gasteiger partial charge in [0.25, 0.3) is 0 Å². The van der Waals surface area contributed by atoms with Crippen LogP contribution in [-0.4, -0.2) is 42.4 Å². The van der Waals surface area contributed by atoms with Gasteiger partial charge < -0.3 is 25.4 Å². The first-order chi connectivity index (χ1) is 15.7. The van der Waals surface area contributed by atoms with Gasteiger partial charge in [-0.2, -0.15) is 13.2 Å². The van der Waals surface area contributed by atoms with Crippen molar-refractivity contribution in [3.63, 3.8) is 0 Å². The molecular formula is C23H24F3N5O2. The number of benzene rings is 2. The number of nitrogens with one attached hydrogen (secondary N) is 1. The predicted molar refractivity (Wildman–Crippen MR) is 120 cm³/mol. The van der Waals surface area contributed by atoms with Gasteiger partial charge in [0.1, 0.15) is 24.0 Å². The van der Waals surface area contributed by atoms with E-state index in [0.29, 0.717) is 42.5 Å². The first-order valence-electron chi connectivity index (χ1n) is 10.7. The van der Waals surface area contributed by atoms with Gasteiger partial charge in [-0.15, -0.1) is 0 Å². The smallest absolute Gasteiger partial charge is 0.416 e. The van der Waals surface area contributed by atoms with Crippen LogP contribution in [0.15, 0.2) is 30.3 Å². The first-order valence-corrected chi connectivity index (χ1v) is 10.7. The van der Waals surface area contributed by atoms with Gasteiger partial charge in [0.15, 0.2) is 0 Å². The number of aryl methyl sites for hydroxylation is 1. The maximum atomic E-state index is 13.3. The highest BCUT2D eigenvalue weighted by atomic mass is 19.4. The molecule has 1 fully saturated rings. The fourth-order valence-corrected chi connectivity index (χ4v) is 4.39. The summed E-state index contributed by atoms with van der Waals surface area (Å²) in [5.74, 6) is 1.84. The second-order valence-electron chi connectivity index (χ2n) is 8.44. The van der Waals surface area contributed by atoms with E-state index in [0.717, 1.165) is 35.5 Å². The Balaban J connectivity index is 1.54. The van der Waals surface area contributed by atoms with Gasteiger partial charge in [0, 0.05) is 23.7 Å². The van der Waals surface area contributed by atoms with Gasteiger partial charge in [-0.1, -0.05) is 0 Å². The van der Waals surface area contributed by atoms with Crippen molar-refractivity contribution in [2.24, 2.45) is 0 Å². The number of hydrogen-bond donors (Lipinski definition) is 2. The van der Waals surface area contributed by atoms with Crippen LogP contribution in [0.4, 0.5) is 30.4 Å². The zero-order chi connectivity index (χ0) is 23.3. The van der Waals surface area contributed by atoms with E-state index < -0.39 is 17.8 Å². The van der Waals surface area contributed by atoms with Crippen molar-refractivity contribution in [3.8, 4) is 5.75 Å². The highest BCUT2D eigenvalue weighted by molar-refractivity contribution is 5.94. The molecule has 1 aromatic heterocycles. The summed E-state index contributed by atoms with van der Waals surface area (Å²) in [4.78, 5) is 11.4. The minimum absolute atomic E-state index is 0.0572. The Bertz CT molecular complexity index is 1220. The SMILES string of the molecule is Cc1nc(N[C@H](C)c2cc(N)cc(C(F)(F)F)c2)c2cc3c(cc2n1)OC[C@@H]1COCCN31. The number of anilines is 3. The Kier molecular flexibility index (Phi) is 5.19. The second-order valence-corrected chi connectivity index (χ2v) is 8.44. The molecule has 0 saturated carbocycles. The molecule has 2 atom stereocenters. The van der Waals surface area contributed by atoms with Crippen LogP contribution < -0.4 is 20.7 Å². The number of alkyl halides is 3. The summed E-state index contributed by atoms with van der Waals surface area (Å²) in [5.41, 5.74) is 7.09. The Morgan fingerprint density at radius 1 is 1.15 bits per heavy atom. The molecule has 0 radical (unpaired) electrons. The van der Waals surface area contributed by atoms with Crippen LogP contribution in [0.3, 0.4) is 0 Å². The molecule has 0 amide bonds. The van der Waals surface area contributed by atoms with Crippen LogP contribution in [-0.2, 0) is 10.9 Å². The summed E-state index contributed by atoms with van der Waals surface area (Å²) < 4.78 is 51.4. The summed E-state index contributed by atoms with van der Waals surface area (Å²) in [6, 6.07) is 7.12. The van der Waals surface area contributed by atoms with E-state index in [1.807, 2.05) is 12.1 Å². The summed E-state index contributed by atoms with van der Waals surface area (Å²) in [6.07, 6.45) is -4.48. The monoisotopic (exact) mass is 459 g/mol. The number of rotatable bonds is 3. The number of nitrogens with two attached hydrogens (primary N) is 1. The third-order valence-electron chi connectivity index (χ3n) is 6.01. The normalized spacial score (nSPS) is 18.9. The molecule has 2 aromatic carbocycles. The fraction of sp³-hybridized carbons (Fsp3) is 0.391. The Morgan fingerprint density at radius 2 is 1.97 bits per heavy atom. The summed E-state index contributed by atoms with van der Waals surface area (Å²) in [6.45, 7) is 6.08. The lowest BCUT2D eigenvalue weighted by Crippen LogP contribution is -2.51. The van der Waals surface area contributed by atoms with Crippen molar-refractivity contribution in [1.82, 2.24) is 9.97 Å². The average molecular weight is 459 g/mol. The van der Waals surface area contributed by atoms with Gasteiger partial charge >= 0.3 is 6.18 Å². The summed E-state index contributed by atoms with van der Waals surface area (Å²) in [7, 11) is 0. The van der Waals surface area contributed by atoms with Gasteiger partial charge in [-0.25, -0.2) is 9.97 Å². The quantitative estimate of drug-likeness (QED) is 0.565. The minimum atomic E-state index is -4.48. The van der Waals surface area contributed by atoms with Gasteiger partial charge in [-0.3, -0.25) is 0 Å². The van der Waals surface area contributed by atoms with Gasteiger partial charge in [0.2, 0.25) is 0 Å². The Morgan fingerprint density at radius 3 is 2.76 bits per heavy atom. The number of hydrogen-bond acceptors (Lipinski definition) is 7. The molecule has 3 heterocycles. The Labute approximate surface area is 188 Å². The van der Waals surface area contributed by atoms with Gasteiger partial charge in [0.05, 0.1) is 42.1 Å². The van der Waals surface area contributed by atoms with E-state index in [-0.39, 0.29) is 11.7 Å². The largest absolute Gasteiger partial charge is 0.489 e. The molecule has 33 heavy (non-hydrogen) atoms. The van der Waals surface area contributed by atoms with E-state index in [1.54, 1.807) is 13.8 Å². The number of ether oxygens (including phenoxy) is 2. The number of nitrogens with zero attached hydrogens (tertiary/aromatic N) is 3. The molecule has 2 aliphatic heterocycles. The van der Waals surface area contributed by atoms with Crippen LogP contribution in [0, 0.1) is 6.92 Å². The molecule has 0 aliphatic carbocycles. The molecule has 3 aromatic rings. The molecule has 1 saturated heterocycles. The molecular weight excluding hydrogens is 435 g/mol. The maximum absolute atomic E-state index is 13.3. The Hall–Kier alpha value is -3.27. The standard InChI is InChI=1S/C23H24F3N5O2/c1-12(14-5-15(23(24,25)26)7-16(27)6-14)28-22-18-8-20-21(9-19(18)29-13(2)30-22)33-11-17-10-32-4-3-31(17)20/h5-9,12,17H,3-4,10-11,27H2,1-2H3,(H,28,29,30)/t12-,17+/m1/s1. The van der Waals surface area contributed by atoms with Crippen molar-refractivity contribution in [2.75, 3.05) is 42.3 Å². The van der Waals surface area contributed by atoms with Crippen LogP contribution in [0.25, 0.3) is 10.9 Å². The first kappa shape index (κ1) is 21.6. The number of fused-ring (bicyclic) bond motifs is 4. The number of aromatic nitrogens is 2. The summed E-state index contributed by atoms with van der Waals surface area (Å²) >= 11 is 0. The topological polar surface area (TPSA) is 85.5 Å². The van der Waals surface area contributed by atoms with Crippen molar-refractivity contribution in [3.05, 3.63) is 47.3 Å². The molecule has 3 N–H and O–H groups in total. The molecule has 7 nitrogen and oxygen atoms in total. The highest BCUT2D eigenvalue weighted by Gasteiger charge is 2.32. The maximum Gasteiger partial charge on any atom is 0.416 e. The number of nitrogen functional groups attached to an aromatic ring is 1. The molecule has 0 unspecified atom stereocenters. The number of halogens is 3. The molecule has 2 aliphatic rings. The molecule has 174 valence electrons. The van der Waals surface area contributed by atoms with Crippen LogP contribution in [0.1, 0.15) is 29.9 Å². The lowest BCUT2D eigenvalue weighted by Gasteiger charge is -2.41. The average Bonchev–Trinajstić information content (AvgIpc) is 2.76. The van der Waals surface area contributed by atoms with E-state index >= 15 is 0 Å². The van der Waals surface area contributed by atoms with Gasteiger partial charge in [-0.05, 0) is 43.7 Å². The lowest BCUT2D eigenvalue weighted by atomic mass is 10.0. The predicted octanol–water partition coefficient (Wildman–Crippen LogP) is 4.31. The van der Waals surface area contributed by atoms with E-state index in [2.05, 4.69) is 20.2 Å². The van der Waals surface area contributed by atoms with Crippen LogP contribution in [0.5, 0.6) is 5.75 Å².